The number of benzene rings is 1. The summed E-state index contributed by atoms with van der Waals surface area (Å²) in [4.78, 5) is 18.4. The van der Waals surface area contributed by atoms with Crippen molar-refractivity contribution in [3.05, 3.63) is 64.4 Å². The second-order valence-electron chi connectivity index (χ2n) is 7.07. The summed E-state index contributed by atoms with van der Waals surface area (Å²) in [5.41, 5.74) is 4.83. The van der Waals surface area contributed by atoms with Gasteiger partial charge in [-0.3, -0.25) is 4.79 Å². The monoisotopic (exact) mass is 370 g/mol. The van der Waals surface area contributed by atoms with Crippen molar-refractivity contribution in [1.29, 1.82) is 0 Å². The zero-order valence-corrected chi connectivity index (χ0v) is 16.1. The maximum absolute atomic E-state index is 13.1. The fraction of sp³-hybridized carbons (Fsp3) is 0.350. The minimum atomic E-state index is -0.251. The van der Waals surface area contributed by atoms with E-state index in [1.165, 1.54) is 17.0 Å². The molecule has 2 aromatic heterocycles. The first-order valence-corrected chi connectivity index (χ1v) is 9.02. The summed E-state index contributed by atoms with van der Waals surface area (Å²) < 4.78 is 14.8. The van der Waals surface area contributed by atoms with Crippen LogP contribution in [-0.4, -0.2) is 47.7 Å². The molecule has 27 heavy (non-hydrogen) atoms. The van der Waals surface area contributed by atoms with Crippen LogP contribution in [0.4, 0.5) is 4.39 Å². The van der Waals surface area contributed by atoms with Crippen molar-refractivity contribution < 1.29 is 14.1 Å². The van der Waals surface area contributed by atoms with Gasteiger partial charge in [0.15, 0.2) is 5.65 Å². The molecular weight excluding hydrogens is 345 g/mol. The van der Waals surface area contributed by atoms with Crippen molar-refractivity contribution in [2.45, 2.75) is 20.3 Å². The fourth-order valence-corrected chi connectivity index (χ4v) is 3.05. The molecule has 142 valence electrons. The van der Waals surface area contributed by atoms with Gasteiger partial charge >= 0.3 is 0 Å². The summed E-state index contributed by atoms with van der Waals surface area (Å²) in [6, 6.07) is 6.45. The molecule has 0 radical (unpaired) electrons. The molecule has 0 bridgehead atoms. The first kappa shape index (κ1) is 19.0. The summed E-state index contributed by atoms with van der Waals surface area (Å²) in [5.74, 6) is -0.414. The predicted octanol–water partition coefficient (Wildman–Crippen LogP) is 0.950. The number of nitrogens with zero attached hydrogens (tertiary/aromatic N) is 3. The van der Waals surface area contributed by atoms with Gasteiger partial charge in [0.25, 0.3) is 5.91 Å². The van der Waals surface area contributed by atoms with E-state index in [1.54, 1.807) is 22.8 Å². The molecule has 6 nitrogen and oxygen atoms in total. The zero-order chi connectivity index (χ0) is 19.6. The van der Waals surface area contributed by atoms with Gasteiger partial charge in [0, 0.05) is 17.8 Å². The Bertz CT molecular complexity index is 963. The van der Waals surface area contributed by atoms with Gasteiger partial charge < -0.3 is 10.2 Å². The van der Waals surface area contributed by atoms with Crippen molar-refractivity contribution >= 4 is 11.6 Å². The molecule has 0 saturated heterocycles. The van der Waals surface area contributed by atoms with Gasteiger partial charge in [-0.05, 0) is 37.1 Å². The van der Waals surface area contributed by atoms with Crippen LogP contribution in [0.3, 0.4) is 0 Å². The Kier molecular flexibility index (Phi) is 5.51. The van der Waals surface area contributed by atoms with E-state index in [4.69, 9.17) is 0 Å². The van der Waals surface area contributed by atoms with Gasteiger partial charge in [-0.25, -0.2) is 13.9 Å². The lowest BCUT2D eigenvalue weighted by Gasteiger charge is -2.12. The maximum Gasteiger partial charge on any atom is 0.256 e. The first-order valence-electron chi connectivity index (χ1n) is 9.02. The molecule has 3 rings (SSSR count). The molecule has 7 heteroatoms. The molecule has 2 heterocycles. The quantitative estimate of drug-likeness (QED) is 0.679. The van der Waals surface area contributed by atoms with Crippen LogP contribution in [0.5, 0.6) is 0 Å². The molecule has 0 saturated carbocycles. The SMILES string of the molecule is Cc1nc2c(C(=O)NCC[NH+](C)C)cnn2c(C)c1Cc1ccc(F)cc1. The van der Waals surface area contributed by atoms with E-state index in [0.29, 0.717) is 24.2 Å². The standard InChI is InChI=1S/C20H24FN5O/c1-13-17(11-15-5-7-16(21)8-6-15)14(2)26-19(24-13)18(12-23-26)20(27)22-9-10-25(3)4/h5-8,12H,9-11H2,1-4H3,(H,22,27)/p+1. The van der Waals surface area contributed by atoms with Gasteiger partial charge in [-0.15, -0.1) is 0 Å². The average molecular weight is 370 g/mol. The lowest BCUT2D eigenvalue weighted by atomic mass is 10.0. The van der Waals surface area contributed by atoms with Crippen LogP contribution >= 0.6 is 0 Å². The Labute approximate surface area is 158 Å². The molecule has 0 fully saturated rings. The molecule has 0 aliphatic rings. The van der Waals surface area contributed by atoms with Gasteiger partial charge in [-0.1, -0.05) is 12.1 Å². The van der Waals surface area contributed by atoms with E-state index >= 15 is 0 Å². The van der Waals surface area contributed by atoms with Crippen LogP contribution < -0.4 is 10.2 Å². The largest absolute Gasteiger partial charge is 0.346 e. The number of carbonyl (C=O) groups is 1. The molecular formula is C20H25FN5O+. The van der Waals surface area contributed by atoms with Crippen LogP contribution in [-0.2, 0) is 6.42 Å². The maximum atomic E-state index is 13.1. The Morgan fingerprint density at radius 3 is 2.59 bits per heavy atom. The second-order valence-corrected chi connectivity index (χ2v) is 7.07. The van der Waals surface area contributed by atoms with E-state index in [2.05, 4.69) is 15.4 Å². The van der Waals surface area contributed by atoms with Gasteiger partial charge in [-0.2, -0.15) is 5.10 Å². The molecule has 0 unspecified atom stereocenters. The van der Waals surface area contributed by atoms with Crippen molar-refractivity contribution in [3.63, 3.8) is 0 Å². The van der Waals surface area contributed by atoms with Gasteiger partial charge in [0.05, 0.1) is 33.4 Å². The first-order chi connectivity index (χ1) is 12.9. The number of aryl methyl sites for hydroxylation is 2. The number of rotatable bonds is 6. The van der Waals surface area contributed by atoms with E-state index in [0.717, 1.165) is 29.1 Å². The van der Waals surface area contributed by atoms with Crippen molar-refractivity contribution in [3.8, 4) is 0 Å². The Hall–Kier alpha value is -2.80. The smallest absolute Gasteiger partial charge is 0.256 e. The van der Waals surface area contributed by atoms with Gasteiger partial charge in [0.2, 0.25) is 0 Å². The number of nitrogens with one attached hydrogen (secondary N) is 2. The summed E-state index contributed by atoms with van der Waals surface area (Å²) in [6.45, 7) is 5.33. The van der Waals surface area contributed by atoms with Crippen LogP contribution in [0.1, 0.15) is 32.9 Å². The lowest BCUT2D eigenvalue weighted by Crippen LogP contribution is -3.06. The van der Waals surface area contributed by atoms with Crippen LogP contribution in [0.25, 0.3) is 5.65 Å². The highest BCUT2D eigenvalue weighted by Crippen LogP contribution is 2.20. The number of likely N-dealkylation sites (N-methyl/N-ethyl adjacent to an activating group) is 1. The second kappa shape index (κ2) is 7.84. The van der Waals surface area contributed by atoms with E-state index in [1.807, 2.05) is 27.9 Å². The Morgan fingerprint density at radius 1 is 1.22 bits per heavy atom. The molecule has 0 atom stereocenters. The summed E-state index contributed by atoms with van der Waals surface area (Å²) in [5, 5.41) is 7.29. The fourth-order valence-electron chi connectivity index (χ4n) is 3.05. The minimum absolute atomic E-state index is 0.163. The lowest BCUT2D eigenvalue weighted by molar-refractivity contribution is -0.856. The van der Waals surface area contributed by atoms with Crippen molar-refractivity contribution in [1.82, 2.24) is 19.9 Å². The number of aromatic nitrogens is 3. The molecule has 1 aromatic carbocycles. The third-order valence-electron chi connectivity index (χ3n) is 4.66. The molecule has 0 aliphatic carbocycles. The summed E-state index contributed by atoms with van der Waals surface area (Å²) >= 11 is 0. The molecule has 3 aromatic rings. The topological polar surface area (TPSA) is 63.7 Å². The summed E-state index contributed by atoms with van der Waals surface area (Å²) in [7, 11) is 4.08. The van der Waals surface area contributed by atoms with Crippen LogP contribution in [0.15, 0.2) is 30.5 Å². The Morgan fingerprint density at radius 2 is 1.93 bits per heavy atom. The Balaban J connectivity index is 1.89. The van der Waals surface area contributed by atoms with Crippen LogP contribution in [0.2, 0.25) is 0 Å². The molecule has 0 spiro atoms. The highest BCUT2D eigenvalue weighted by molar-refractivity contribution is 5.99. The number of amides is 1. The molecule has 2 N–H and O–H groups in total. The highest BCUT2D eigenvalue weighted by atomic mass is 19.1. The molecule has 1 amide bonds. The number of carbonyl (C=O) groups excluding carboxylic acids is 1. The normalized spacial score (nSPS) is 11.3. The van der Waals surface area contributed by atoms with Crippen molar-refractivity contribution in [2.75, 3.05) is 27.2 Å². The van der Waals surface area contributed by atoms with E-state index in [-0.39, 0.29) is 11.7 Å². The number of halogens is 1. The minimum Gasteiger partial charge on any atom is -0.346 e. The third-order valence-corrected chi connectivity index (χ3v) is 4.66. The van der Waals surface area contributed by atoms with Crippen molar-refractivity contribution in [2.24, 2.45) is 0 Å². The third kappa shape index (κ3) is 4.14. The molecule has 0 aliphatic heterocycles. The van der Waals surface area contributed by atoms with E-state index in [9.17, 15) is 9.18 Å². The number of hydrogen-bond donors (Lipinski definition) is 2. The average Bonchev–Trinajstić information content (AvgIpc) is 3.03. The highest BCUT2D eigenvalue weighted by Gasteiger charge is 2.18. The zero-order valence-electron chi connectivity index (χ0n) is 16.1. The number of quaternary nitrogens is 1. The van der Waals surface area contributed by atoms with Gasteiger partial charge in [0.1, 0.15) is 11.4 Å². The van der Waals surface area contributed by atoms with Crippen LogP contribution in [0, 0.1) is 19.7 Å². The predicted molar refractivity (Wildman–Crippen MR) is 102 cm³/mol. The van der Waals surface area contributed by atoms with E-state index < -0.39 is 0 Å². The summed E-state index contributed by atoms with van der Waals surface area (Å²) in [6.07, 6.45) is 2.20. The number of fused-ring (bicyclic) bond motifs is 1. The number of hydrogen-bond acceptors (Lipinski definition) is 3.